The number of aromatic nitrogens is 3. The van der Waals surface area contributed by atoms with Crippen molar-refractivity contribution in [2.75, 3.05) is 18.4 Å². The van der Waals surface area contributed by atoms with Crippen LogP contribution in [0.2, 0.25) is 0 Å². The fraction of sp³-hybridized carbons (Fsp3) is 0.357. The second-order valence-corrected chi connectivity index (χ2v) is 4.79. The van der Waals surface area contributed by atoms with E-state index in [0.29, 0.717) is 13.1 Å². The number of carbonyl (C=O) groups excluding carboxylic acids is 1. The molecule has 6 nitrogen and oxygen atoms in total. The van der Waals surface area contributed by atoms with Crippen LogP contribution in [0, 0.1) is 0 Å². The van der Waals surface area contributed by atoms with Crippen molar-refractivity contribution in [1.82, 2.24) is 20.3 Å². The van der Waals surface area contributed by atoms with Gasteiger partial charge in [0.05, 0.1) is 24.0 Å². The summed E-state index contributed by atoms with van der Waals surface area (Å²) in [5.41, 5.74) is 2.93. The standard InChI is InChI=1S/C14H17N5O/c20-14(16-7-9-19-10-8-17-18-19)12-5-1-3-11-4-2-6-15-13(11)12/h1,3,5,8,10,15H,2,4,6-7,9H2,(H,16,20). The minimum atomic E-state index is -0.0450. The van der Waals surface area contributed by atoms with Crippen LogP contribution in [0.4, 0.5) is 5.69 Å². The van der Waals surface area contributed by atoms with Crippen LogP contribution in [0.5, 0.6) is 0 Å². The Bertz CT molecular complexity index is 594. The van der Waals surface area contributed by atoms with E-state index in [1.807, 2.05) is 12.1 Å². The minimum Gasteiger partial charge on any atom is -0.384 e. The van der Waals surface area contributed by atoms with E-state index in [4.69, 9.17) is 0 Å². The van der Waals surface area contributed by atoms with Crippen LogP contribution < -0.4 is 10.6 Å². The predicted octanol–water partition coefficient (Wildman–Crippen LogP) is 1.07. The molecular formula is C14H17N5O. The summed E-state index contributed by atoms with van der Waals surface area (Å²) in [5, 5.41) is 13.8. The summed E-state index contributed by atoms with van der Waals surface area (Å²) in [6.07, 6.45) is 5.55. The van der Waals surface area contributed by atoms with Crippen molar-refractivity contribution in [2.45, 2.75) is 19.4 Å². The summed E-state index contributed by atoms with van der Waals surface area (Å²) in [6, 6.07) is 5.88. The Hall–Kier alpha value is -2.37. The Morgan fingerprint density at radius 3 is 3.25 bits per heavy atom. The zero-order valence-corrected chi connectivity index (χ0v) is 11.2. The first-order chi connectivity index (χ1) is 9.84. The highest BCUT2D eigenvalue weighted by Crippen LogP contribution is 2.25. The van der Waals surface area contributed by atoms with Gasteiger partial charge in [-0.25, -0.2) is 0 Å². The zero-order chi connectivity index (χ0) is 13.8. The maximum atomic E-state index is 12.2. The van der Waals surface area contributed by atoms with Crippen molar-refractivity contribution < 1.29 is 4.79 Å². The number of hydrogen-bond acceptors (Lipinski definition) is 4. The fourth-order valence-corrected chi connectivity index (χ4v) is 2.43. The number of anilines is 1. The van der Waals surface area contributed by atoms with Crippen LogP contribution >= 0.6 is 0 Å². The lowest BCUT2D eigenvalue weighted by atomic mass is 9.99. The highest BCUT2D eigenvalue weighted by atomic mass is 16.1. The van der Waals surface area contributed by atoms with E-state index in [0.717, 1.165) is 30.6 Å². The van der Waals surface area contributed by atoms with Crippen LogP contribution in [0.15, 0.2) is 30.6 Å². The van der Waals surface area contributed by atoms with Gasteiger partial charge in [-0.3, -0.25) is 9.48 Å². The van der Waals surface area contributed by atoms with Gasteiger partial charge in [0, 0.05) is 19.3 Å². The number of amides is 1. The SMILES string of the molecule is O=C(NCCn1ccnn1)c1cccc2c1NCCC2. The molecular weight excluding hydrogens is 254 g/mol. The number of benzene rings is 1. The predicted molar refractivity (Wildman–Crippen MR) is 75.6 cm³/mol. The van der Waals surface area contributed by atoms with Gasteiger partial charge in [-0.2, -0.15) is 0 Å². The van der Waals surface area contributed by atoms with Crippen molar-refractivity contribution in [3.8, 4) is 0 Å². The largest absolute Gasteiger partial charge is 0.384 e. The zero-order valence-electron chi connectivity index (χ0n) is 11.2. The molecule has 0 atom stereocenters. The molecule has 2 aromatic rings. The van der Waals surface area contributed by atoms with Gasteiger partial charge in [0.25, 0.3) is 5.91 Å². The Balaban J connectivity index is 1.65. The number of nitrogens with zero attached hydrogens (tertiary/aromatic N) is 3. The molecule has 0 spiro atoms. The second kappa shape index (κ2) is 5.73. The molecule has 20 heavy (non-hydrogen) atoms. The highest BCUT2D eigenvalue weighted by Gasteiger charge is 2.16. The van der Waals surface area contributed by atoms with Gasteiger partial charge in [0.1, 0.15) is 0 Å². The van der Waals surface area contributed by atoms with Gasteiger partial charge in [0.2, 0.25) is 0 Å². The molecule has 1 amide bonds. The number of fused-ring (bicyclic) bond motifs is 1. The average Bonchev–Trinajstić information content (AvgIpc) is 3.00. The normalized spacial score (nSPS) is 13.4. The molecule has 0 bridgehead atoms. The fourth-order valence-electron chi connectivity index (χ4n) is 2.43. The average molecular weight is 271 g/mol. The maximum Gasteiger partial charge on any atom is 0.253 e. The van der Waals surface area contributed by atoms with Crippen LogP contribution in [0.25, 0.3) is 0 Å². The number of para-hydroxylation sites is 1. The number of nitrogens with one attached hydrogen (secondary N) is 2. The number of aryl methyl sites for hydroxylation is 1. The first kappa shape index (κ1) is 12.7. The van der Waals surface area contributed by atoms with Gasteiger partial charge in [-0.1, -0.05) is 17.3 Å². The lowest BCUT2D eigenvalue weighted by Crippen LogP contribution is -2.29. The molecule has 6 heteroatoms. The van der Waals surface area contributed by atoms with Crippen molar-refractivity contribution >= 4 is 11.6 Å². The monoisotopic (exact) mass is 271 g/mol. The molecule has 104 valence electrons. The first-order valence-electron chi connectivity index (χ1n) is 6.82. The summed E-state index contributed by atoms with van der Waals surface area (Å²) in [5.74, 6) is -0.0450. The lowest BCUT2D eigenvalue weighted by Gasteiger charge is -2.20. The molecule has 0 radical (unpaired) electrons. The molecule has 2 N–H and O–H groups in total. The maximum absolute atomic E-state index is 12.2. The van der Waals surface area contributed by atoms with Gasteiger partial charge in [-0.15, -0.1) is 5.10 Å². The molecule has 0 aliphatic carbocycles. The topological polar surface area (TPSA) is 71.8 Å². The van der Waals surface area contributed by atoms with E-state index in [-0.39, 0.29) is 5.91 Å². The number of rotatable bonds is 4. The summed E-state index contributed by atoms with van der Waals surface area (Å²) in [4.78, 5) is 12.2. The molecule has 1 aromatic carbocycles. The van der Waals surface area contributed by atoms with Crippen LogP contribution in [0.3, 0.4) is 0 Å². The summed E-state index contributed by atoms with van der Waals surface area (Å²) in [6.45, 7) is 2.08. The van der Waals surface area contributed by atoms with E-state index in [9.17, 15) is 4.79 Å². The van der Waals surface area contributed by atoms with Crippen molar-refractivity contribution in [1.29, 1.82) is 0 Å². The second-order valence-electron chi connectivity index (χ2n) is 4.79. The summed E-state index contributed by atoms with van der Waals surface area (Å²) >= 11 is 0. The molecule has 1 aliphatic heterocycles. The molecule has 1 aliphatic rings. The number of hydrogen-bond donors (Lipinski definition) is 2. The molecule has 0 fully saturated rings. The van der Waals surface area contributed by atoms with Crippen molar-refractivity contribution in [3.63, 3.8) is 0 Å². The van der Waals surface area contributed by atoms with E-state index in [1.54, 1.807) is 17.1 Å². The van der Waals surface area contributed by atoms with Gasteiger partial charge < -0.3 is 10.6 Å². The molecule has 3 rings (SSSR count). The van der Waals surface area contributed by atoms with Gasteiger partial charge in [-0.05, 0) is 24.5 Å². The Labute approximate surface area is 117 Å². The summed E-state index contributed by atoms with van der Waals surface area (Å²) in [7, 11) is 0. The van der Waals surface area contributed by atoms with Crippen LogP contribution in [-0.2, 0) is 13.0 Å². The molecule has 0 unspecified atom stereocenters. The van der Waals surface area contributed by atoms with Crippen molar-refractivity contribution in [3.05, 3.63) is 41.7 Å². The quantitative estimate of drug-likeness (QED) is 0.872. The van der Waals surface area contributed by atoms with E-state index in [2.05, 4.69) is 27.0 Å². The van der Waals surface area contributed by atoms with E-state index in [1.165, 1.54) is 5.56 Å². The third-order valence-corrected chi connectivity index (χ3v) is 3.42. The minimum absolute atomic E-state index is 0.0450. The number of carbonyl (C=O) groups is 1. The van der Waals surface area contributed by atoms with Crippen LogP contribution in [0.1, 0.15) is 22.3 Å². The first-order valence-corrected chi connectivity index (χ1v) is 6.82. The smallest absolute Gasteiger partial charge is 0.253 e. The van der Waals surface area contributed by atoms with Crippen molar-refractivity contribution in [2.24, 2.45) is 0 Å². The van der Waals surface area contributed by atoms with Crippen LogP contribution in [-0.4, -0.2) is 34.0 Å². The third-order valence-electron chi connectivity index (χ3n) is 3.42. The molecule has 0 saturated heterocycles. The van der Waals surface area contributed by atoms with E-state index >= 15 is 0 Å². The third kappa shape index (κ3) is 2.64. The summed E-state index contributed by atoms with van der Waals surface area (Å²) < 4.78 is 1.69. The Morgan fingerprint density at radius 2 is 2.40 bits per heavy atom. The molecule has 0 saturated carbocycles. The van der Waals surface area contributed by atoms with Gasteiger partial charge >= 0.3 is 0 Å². The molecule has 2 heterocycles. The Morgan fingerprint density at radius 1 is 1.45 bits per heavy atom. The lowest BCUT2D eigenvalue weighted by molar-refractivity contribution is 0.0952. The molecule has 1 aromatic heterocycles. The Kier molecular flexibility index (Phi) is 3.62. The highest BCUT2D eigenvalue weighted by molar-refractivity contribution is 6.00. The van der Waals surface area contributed by atoms with E-state index < -0.39 is 0 Å². The van der Waals surface area contributed by atoms with Gasteiger partial charge in [0.15, 0.2) is 0 Å².